The van der Waals surface area contributed by atoms with E-state index in [9.17, 15) is 36.4 Å². The number of benzene rings is 2. The van der Waals surface area contributed by atoms with Gasteiger partial charge in [-0.05, 0) is 56.7 Å². The number of likely N-dealkylation sites (N-methyl/N-ethyl adjacent to an activating group) is 1. The molecule has 15 nitrogen and oxygen atoms in total. The summed E-state index contributed by atoms with van der Waals surface area (Å²) in [6.07, 6.45) is -8.67. The molecule has 0 aliphatic carbocycles. The predicted octanol–water partition coefficient (Wildman–Crippen LogP) is 2.85. The van der Waals surface area contributed by atoms with Gasteiger partial charge in [-0.2, -0.15) is 23.6 Å². The van der Waals surface area contributed by atoms with Crippen LogP contribution >= 0.6 is 0 Å². The molecule has 3 rings (SSSR count). The summed E-state index contributed by atoms with van der Waals surface area (Å²) in [5.74, 6) is 0. The van der Waals surface area contributed by atoms with Gasteiger partial charge in [-0.25, -0.2) is 32.2 Å². The van der Waals surface area contributed by atoms with Gasteiger partial charge in [0.1, 0.15) is 6.61 Å². The molecule has 3 aromatic rings. The topological polar surface area (TPSA) is 178 Å². The van der Waals surface area contributed by atoms with Crippen LogP contribution in [0.2, 0.25) is 0 Å². The molecule has 0 saturated carbocycles. The van der Waals surface area contributed by atoms with Crippen LogP contribution in [0.1, 0.15) is 32.0 Å². The summed E-state index contributed by atoms with van der Waals surface area (Å²) >= 11 is 0. The van der Waals surface area contributed by atoms with Gasteiger partial charge in [-0.3, -0.25) is 0 Å². The highest BCUT2D eigenvalue weighted by Gasteiger charge is 2.35. The van der Waals surface area contributed by atoms with Gasteiger partial charge in [0.05, 0.1) is 28.9 Å². The Kier molecular flexibility index (Phi) is 12.1. The maximum Gasteiger partial charge on any atom is 0.510 e. The fraction of sp³-hybridized carbons (Fsp3) is 0.370. The van der Waals surface area contributed by atoms with Crippen molar-refractivity contribution in [1.82, 2.24) is 25.1 Å². The number of amides is 1. The van der Waals surface area contributed by atoms with Crippen molar-refractivity contribution in [3.05, 3.63) is 71.1 Å². The lowest BCUT2D eigenvalue weighted by Gasteiger charge is -2.29. The third-order valence-electron chi connectivity index (χ3n) is 5.87. The van der Waals surface area contributed by atoms with E-state index in [2.05, 4.69) is 5.10 Å². The molecule has 0 saturated heterocycles. The summed E-state index contributed by atoms with van der Waals surface area (Å²) < 4.78 is 83.0. The lowest BCUT2D eigenvalue weighted by molar-refractivity contribution is -1.03. The number of carbonyl (C=O) groups excluding carboxylic acids is 2. The zero-order chi connectivity index (χ0) is 34.2. The highest BCUT2D eigenvalue weighted by molar-refractivity contribution is 7.90. The number of carbonyl (C=O) groups is 2. The van der Waals surface area contributed by atoms with Crippen molar-refractivity contribution < 1.29 is 55.5 Å². The Balaban J connectivity index is 1.56. The van der Waals surface area contributed by atoms with Crippen LogP contribution in [0.15, 0.2) is 59.5 Å². The van der Waals surface area contributed by atoms with Crippen molar-refractivity contribution in [3.8, 4) is 16.9 Å². The summed E-state index contributed by atoms with van der Waals surface area (Å²) in [7, 11) is -3.13. The second kappa shape index (κ2) is 15.3. The summed E-state index contributed by atoms with van der Waals surface area (Å²) in [4.78, 5) is 28.1. The third kappa shape index (κ3) is 10.4. The monoisotopic (exact) mass is 674 g/mol. The molecule has 1 heterocycles. The Morgan fingerprint density at radius 1 is 1.07 bits per heavy atom. The number of nitrogens with one attached hydrogen (secondary N) is 3. The van der Waals surface area contributed by atoms with Crippen LogP contribution in [-0.4, -0.2) is 68.0 Å². The lowest BCUT2D eigenvalue weighted by Crippen LogP contribution is -3.19. The molecule has 19 heteroatoms. The van der Waals surface area contributed by atoms with Crippen LogP contribution in [-0.2, 0) is 35.2 Å². The normalized spacial score (nSPS) is 13.4. The summed E-state index contributed by atoms with van der Waals surface area (Å²) in [5.41, 5.74) is 2.51. The Labute approximate surface area is 262 Å². The number of aryl methyl sites for hydroxylation is 1. The first kappa shape index (κ1) is 36.2. The Morgan fingerprint density at radius 2 is 1.70 bits per heavy atom. The molecule has 0 radical (unpaired) electrons. The van der Waals surface area contributed by atoms with Crippen LogP contribution in [0.4, 0.5) is 22.8 Å². The molecular weight excluding hydrogens is 641 g/mol. The van der Waals surface area contributed by atoms with E-state index in [1.807, 2.05) is 12.5 Å². The lowest BCUT2D eigenvalue weighted by atomic mass is 10.1. The van der Waals surface area contributed by atoms with Gasteiger partial charge in [0.15, 0.2) is 5.69 Å². The van der Waals surface area contributed by atoms with Gasteiger partial charge in [0.2, 0.25) is 6.29 Å². The minimum atomic E-state index is -4.72. The zero-order valence-electron chi connectivity index (χ0n) is 25.3. The number of quaternary nitrogens is 1. The molecule has 0 fully saturated rings. The first-order valence-electron chi connectivity index (χ1n) is 13.5. The minimum absolute atomic E-state index is 0.129. The van der Waals surface area contributed by atoms with Crippen LogP contribution in [0.5, 0.6) is 0 Å². The zero-order valence-corrected chi connectivity index (χ0v) is 26.1. The smallest absolute Gasteiger partial charge is 0.510 e. The molecule has 2 aromatic carbocycles. The molecule has 3 N–H and O–H groups in total. The van der Waals surface area contributed by atoms with Gasteiger partial charge < -0.3 is 19.4 Å². The van der Waals surface area contributed by atoms with E-state index in [4.69, 9.17) is 19.0 Å². The molecular formula is C27H33F3N6O9S. The maximum atomic E-state index is 13.5. The number of rotatable bonds is 13. The molecule has 2 atom stereocenters. The summed E-state index contributed by atoms with van der Waals surface area (Å²) in [6.45, 7) is 5.78. The van der Waals surface area contributed by atoms with Crippen molar-refractivity contribution in [3.63, 3.8) is 0 Å². The molecule has 1 amide bonds. The molecule has 0 aliphatic heterocycles. The van der Waals surface area contributed by atoms with E-state index in [0.717, 1.165) is 33.5 Å². The van der Waals surface area contributed by atoms with Gasteiger partial charge >= 0.3 is 18.4 Å². The van der Waals surface area contributed by atoms with E-state index in [1.165, 1.54) is 26.1 Å². The van der Waals surface area contributed by atoms with Crippen molar-refractivity contribution in [1.29, 1.82) is 0 Å². The second-order valence-corrected chi connectivity index (χ2v) is 11.7. The molecule has 0 bridgehead atoms. The van der Waals surface area contributed by atoms with E-state index in [-0.39, 0.29) is 22.8 Å². The van der Waals surface area contributed by atoms with Gasteiger partial charge in [0.25, 0.3) is 10.0 Å². The van der Waals surface area contributed by atoms with Crippen molar-refractivity contribution in [2.24, 2.45) is 0 Å². The number of aromatic nitrogens is 2. The first-order valence-corrected chi connectivity index (χ1v) is 15.0. The minimum Gasteiger partial charge on any atom is -0.591 e. The van der Waals surface area contributed by atoms with Crippen LogP contribution in [0, 0.1) is 12.1 Å². The van der Waals surface area contributed by atoms with Gasteiger partial charge in [-0.1, -0.05) is 29.8 Å². The van der Waals surface area contributed by atoms with Crippen molar-refractivity contribution in [2.45, 2.75) is 51.2 Å². The second-order valence-electron chi connectivity index (χ2n) is 9.97. The summed E-state index contributed by atoms with van der Waals surface area (Å²) in [5, 5.41) is 16.0. The third-order valence-corrected chi connectivity index (χ3v) is 7.20. The van der Waals surface area contributed by atoms with Crippen LogP contribution in [0.3, 0.4) is 0 Å². The highest BCUT2D eigenvalue weighted by atomic mass is 32.2. The van der Waals surface area contributed by atoms with Crippen molar-refractivity contribution >= 4 is 22.3 Å². The standard InChI is InChI=1S/C27H33F3N6O9S/c1-17(2)43-26(38)44-19(4)45-33-36(39)34(5)14-15-42-25(37)32-46(40,41)22-12-10-21(11-13-22)35-23(16-24(31-35)27(28,29)30)20-8-6-18(3)7-9-20/h6-13,16-17,19,33,36H,14-15H2,1-5H3,(H,32,37). The number of sulfonamides is 1. The Hall–Kier alpha value is -4.27. The van der Waals surface area contributed by atoms with E-state index < -0.39 is 58.4 Å². The largest absolute Gasteiger partial charge is 0.591 e. The predicted molar refractivity (Wildman–Crippen MR) is 154 cm³/mol. The average molecular weight is 675 g/mol. The number of hydrogen-bond donors (Lipinski definition) is 3. The quantitative estimate of drug-likeness (QED) is 0.137. The molecule has 252 valence electrons. The highest BCUT2D eigenvalue weighted by Crippen LogP contribution is 2.33. The SMILES string of the molecule is Cc1ccc(-c2cc(C(F)(F)F)nn2-c2ccc(S(=O)(=O)NC(=O)OCCN(C)[NH+]([O-])NOC(C)OC(=O)OC(C)C)cc2)cc1. The number of alkyl halides is 3. The fourth-order valence-corrected chi connectivity index (χ4v) is 4.47. The Bertz CT molecular complexity index is 1580. The fourth-order valence-electron chi connectivity index (χ4n) is 3.58. The van der Waals surface area contributed by atoms with Crippen LogP contribution < -0.4 is 15.6 Å². The summed E-state index contributed by atoms with van der Waals surface area (Å²) in [6, 6.07) is 12.3. The van der Waals surface area contributed by atoms with Gasteiger partial charge in [-0.15, -0.1) is 5.01 Å². The molecule has 0 aliphatic rings. The maximum absolute atomic E-state index is 13.5. The number of hydrogen-bond acceptors (Lipinski definition) is 12. The van der Waals surface area contributed by atoms with E-state index in [1.54, 1.807) is 42.8 Å². The number of ether oxygens (including phenoxy) is 3. The molecule has 0 spiro atoms. The first-order chi connectivity index (χ1) is 21.5. The van der Waals surface area contributed by atoms with Crippen LogP contribution in [0.25, 0.3) is 16.9 Å². The van der Waals surface area contributed by atoms with Crippen molar-refractivity contribution in [2.75, 3.05) is 20.2 Å². The number of halogens is 3. The average Bonchev–Trinajstić information content (AvgIpc) is 3.42. The Morgan fingerprint density at radius 3 is 2.28 bits per heavy atom. The molecule has 46 heavy (non-hydrogen) atoms. The van der Waals surface area contributed by atoms with E-state index >= 15 is 0 Å². The molecule has 1 aromatic heterocycles. The van der Waals surface area contributed by atoms with E-state index in [0.29, 0.717) is 5.56 Å². The number of nitrogens with zero attached hydrogens (tertiary/aromatic N) is 3. The van der Waals surface area contributed by atoms with Gasteiger partial charge in [0, 0.05) is 19.5 Å². The molecule has 2 unspecified atom stereocenters.